The van der Waals surface area contributed by atoms with Crippen LogP contribution in [0.2, 0.25) is 0 Å². The minimum Gasteiger partial charge on any atom is -0.481 e. The zero-order valence-corrected chi connectivity index (χ0v) is 23.1. The molecular weight excluding hydrogens is 552 g/mol. The van der Waals surface area contributed by atoms with Crippen LogP contribution >= 0.6 is 0 Å². The van der Waals surface area contributed by atoms with Crippen molar-refractivity contribution in [2.75, 3.05) is 6.54 Å². The van der Waals surface area contributed by atoms with Gasteiger partial charge in [-0.2, -0.15) is 0 Å². The predicted octanol–water partition coefficient (Wildman–Crippen LogP) is -2.12. The van der Waals surface area contributed by atoms with E-state index in [0.29, 0.717) is 12.0 Å². The van der Waals surface area contributed by atoms with E-state index in [4.69, 9.17) is 22.3 Å². The highest BCUT2D eigenvalue weighted by atomic mass is 16.4. The maximum atomic E-state index is 13.1. The van der Waals surface area contributed by atoms with Crippen molar-refractivity contribution < 1.29 is 39.3 Å². The van der Waals surface area contributed by atoms with Crippen molar-refractivity contribution in [1.29, 1.82) is 0 Å². The molecule has 0 spiro atoms. The number of H-pyrrole nitrogens is 1. The van der Waals surface area contributed by atoms with Crippen LogP contribution in [0.15, 0.2) is 35.5 Å². The van der Waals surface area contributed by atoms with Crippen LogP contribution in [0.1, 0.15) is 38.2 Å². The normalized spacial score (nSPS) is 14.5. The number of carbonyl (C=O) groups excluding carboxylic acids is 3. The predicted molar refractivity (Wildman–Crippen MR) is 152 cm³/mol. The number of carboxylic acid groups (broad SMARTS) is 2. The number of aliphatic hydroxyl groups is 1. The van der Waals surface area contributed by atoms with Gasteiger partial charge in [-0.15, -0.1) is 0 Å². The second-order valence-electron chi connectivity index (χ2n) is 9.74. The van der Waals surface area contributed by atoms with Gasteiger partial charge in [0.15, 0.2) is 5.96 Å². The van der Waals surface area contributed by atoms with Crippen LogP contribution in [0, 0.1) is 0 Å². The standard InChI is InChI=1S/C26H38N8O8/c1-13(35)21(24(40)33-19(25(41)42)11-14-12-31-17-7-3-2-5-15(14)17)34-23(39)18(8-9-20(36)37)32-22(38)16(27)6-4-10-30-26(28)29/h2-3,5,7,12-13,16,18-19,21,31,35H,4,6,8-11,27H2,1H3,(H,32,38)(H,33,40)(H,34,39)(H,36,37)(H,41,42)(H4,28,29,30). The molecule has 42 heavy (non-hydrogen) atoms. The van der Waals surface area contributed by atoms with Crippen LogP contribution in [-0.2, 0) is 30.4 Å². The molecule has 1 heterocycles. The summed E-state index contributed by atoms with van der Waals surface area (Å²) >= 11 is 0. The molecule has 0 radical (unpaired) electrons. The highest BCUT2D eigenvalue weighted by Gasteiger charge is 2.33. The number of nitrogens with two attached hydrogens (primary N) is 3. The molecule has 13 N–H and O–H groups in total. The summed E-state index contributed by atoms with van der Waals surface area (Å²) in [7, 11) is 0. The lowest BCUT2D eigenvalue weighted by atomic mass is 10.0. The Morgan fingerprint density at radius 3 is 2.24 bits per heavy atom. The highest BCUT2D eigenvalue weighted by Crippen LogP contribution is 2.19. The number of nitrogens with one attached hydrogen (secondary N) is 4. The molecule has 0 bridgehead atoms. The van der Waals surface area contributed by atoms with E-state index in [9.17, 15) is 34.2 Å². The number of benzene rings is 1. The van der Waals surface area contributed by atoms with Gasteiger partial charge in [0.2, 0.25) is 17.7 Å². The number of fused-ring (bicyclic) bond motifs is 1. The van der Waals surface area contributed by atoms with E-state index in [0.717, 1.165) is 10.9 Å². The van der Waals surface area contributed by atoms with Gasteiger partial charge in [0.25, 0.3) is 0 Å². The van der Waals surface area contributed by atoms with E-state index in [1.54, 1.807) is 18.3 Å². The van der Waals surface area contributed by atoms with Crippen molar-refractivity contribution in [3.05, 3.63) is 36.0 Å². The third-order valence-corrected chi connectivity index (χ3v) is 6.36. The molecule has 2 rings (SSSR count). The van der Waals surface area contributed by atoms with Crippen molar-refractivity contribution in [2.45, 2.75) is 69.3 Å². The second-order valence-corrected chi connectivity index (χ2v) is 9.74. The van der Waals surface area contributed by atoms with E-state index in [-0.39, 0.29) is 31.8 Å². The lowest BCUT2D eigenvalue weighted by molar-refractivity contribution is -0.143. The number of hydrogen-bond acceptors (Lipinski definition) is 8. The first kappa shape index (κ1) is 33.5. The summed E-state index contributed by atoms with van der Waals surface area (Å²) in [6.07, 6.45) is -0.292. The van der Waals surface area contributed by atoms with Crippen LogP contribution in [-0.4, -0.2) is 92.7 Å². The number of rotatable bonds is 17. The summed E-state index contributed by atoms with van der Waals surface area (Å²) < 4.78 is 0. The molecule has 5 unspecified atom stereocenters. The summed E-state index contributed by atoms with van der Waals surface area (Å²) in [5.41, 5.74) is 17.8. The summed E-state index contributed by atoms with van der Waals surface area (Å²) in [4.78, 5) is 68.7. The zero-order chi connectivity index (χ0) is 31.4. The van der Waals surface area contributed by atoms with Gasteiger partial charge < -0.3 is 53.5 Å². The number of amides is 3. The molecule has 230 valence electrons. The smallest absolute Gasteiger partial charge is 0.326 e. The van der Waals surface area contributed by atoms with Crippen molar-refractivity contribution in [3.63, 3.8) is 0 Å². The summed E-state index contributed by atoms with van der Waals surface area (Å²) in [6, 6.07) is 1.67. The maximum Gasteiger partial charge on any atom is 0.326 e. The fourth-order valence-corrected chi connectivity index (χ4v) is 4.11. The van der Waals surface area contributed by atoms with Gasteiger partial charge in [-0.3, -0.25) is 24.2 Å². The Labute approximate surface area is 241 Å². The van der Waals surface area contributed by atoms with E-state index in [1.165, 1.54) is 6.92 Å². The third-order valence-electron chi connectivity index (χ3n) is 6.36. The van der Waals surface area contributed by atoms with E-state index < -0.39 is 66.4 Å². The molecule has 2 aromatic rings. The molecule has 3 amide bonds. The van der Waals surface area contributed by atoms with Crippen LogP contribution in [0.4, 0.5) is 0 Å². The van der Waals surface area contributed by atoms with Gasteiger partial charge in [-0.1, -0.05) is 18.2 Å². The maximum absolute atomic E-state index is 13.1. The third kappa shape index (κ3) is 10.4. The largest absolute Gasteiger partial charge is 0.481 e. The number of aliphatic hydroxyl groups excluding tert-OH is 1. The zero-order valence-electron chi connectivity index (χ0n) is 23.1. The summed E-state index contributed by atoms with van der Waals surface area (Å²) in [5.74, 6) is -5.43. The van der Waals surface area contributed by atoms with Crippen molar-refractivity contribution in [2.24, 2.45) is 22.2 Å². The Balaban J connectivity index is 2.11. The van der Waals surface area contributed by atoms with Crippen LogP contribution in [0.25, 0.3) is 10.9 Å². The number of aromatic nitrogens is 1. The molecular formula is C26H38N8O8. The topological polar surface area (TPSA) is 288 Å². The van der Waals surface area contributed by atoms with E-state index in [2.05, 4.69) is 25.9 Å². The van der Waals surface area contributed by atoms with Gasteiger partial charge in [0, 0.05) is 36.5 Å². The number of aromatic amines is 1. The quantitative estimate of drug-likeness (QED) is 0.0539. The number of carboxylic acids is 2. The second kappa shape index (κ2) is 15.9. The molecule has 0 aliphatic carbocycles. The molecule has 16 heteroatoms. The van der Waals surface area contributed by atoms with Gasteiger partial charge in [0.05, 0.1) is 12.1 Å². The molecule has 5 atom stereocenters. The van der Waals surface area contributed by atoms with E-state index >= 15 is 0 Å². The Morgan fingerprint density at radius 2 is 1.62 bits per heavy atom. The Morgan fingerprint density at radius 1 is 0.952 bits per heavy atom. The average Bonchev–Trinajstić information content (AvgIpc) is 3.33. The molecule has 0 aliphatic rings. The molecule has 0 saturated heterocycles. The SMILES string of the molecule is CC(O)C(NC(=O)C(CCC(=O)O)NC(=O)C(N)CCCN=C(N)N)C(=O)NC(Cc1c[nH]c2ccccc12)C(=O)O. The van der Waals surface area contributed by atoms with Crippen molar-refractivity contribution >= 4 is 46.5 Å². The molecule has 0 aliphatic heterocycles. The minimum absolute atomic E-state index is 0.0933. The molecule has 0 saturated carbocycles. The van der Waals surface area contributed by atoms with Crippen molar-refractivity contribution in [1.82, 2.24) is 20.9 Å². The fraction of sp³-hybridized carbons (Fsp3) is 0.462. The number of hydrogen-bond donors (Lipinski definition) is 10. The first-order chi connectivity index (χ1) is 19.8. The molecule has 0 fully saturated rings. The molecule has 1 aromatic heterocycles. The number of guanidine groups is 1. The summed E-state index contributed by atoms with van der Waals surface area (Å²) in [5, 5.41) is 36.9. The Kier molecular flexibility index (Phi) is 12.7. The number of para-hydroxylation sites is 1. The fourth-order valence-electron chi connectivity index (χ4n) is 4.11. The van der Waals surface area contributed by atoms with Crippen LogP contribution in [0.3, 0.4) is 0 Å². The summed E-state index contributed by atoms with van der Waals surface area (Å²) in [6.45, 7) is 1.42. The number of aliphatic imine (C=N–C) groups is 1. The lowest BCUT2D eigenvalue weighted by Crippen LogP contribution is -2.60. The number of nitrogens with zero attached hydrogens (tertiary/aromatic N) is 1. The highest BCUT2D eigenvalue weighted by molar-refractivity contribution is 5.95. The minimum atomic E-state index is -1.63. The number of carbonyl (C=O) groups is 5. The lowest BCUT2D eigenvalue weighted by Gasteiger charge is -2.26. The average molecular weight is 591 g/mol. The van der Waals surface area contributed by atoms with Crippen LogP contribution in [0.5, 0.6) is 0 Å². The van der Waals surface area contributed by atoms with Gasteiger partial charge in [-0.25, -0.2) is 4.79 Å². The van der Waals surface area contributed by atoms with Gasteiger partial charge in [-0.05, 0) is 37.8 Å². The van der Waals surface area contributed by atoms with Crippen molar-refractivity contribution in [3.8, 4) is 0 Å². The Hall–Kier alpha value is -4.70. The first-order valence-electron chi connectivity index (χ1n) is 13.2. The number of aliphatic carboxylic acids is 2. The monoisotopic (exact) mass is 590 g/mol. The molecule has 1 aromatic carbocycles. The van der Waals surface area contributed by atoms with E-state index in [1.807, 2.05) is 12.1 Å². The van der Waals surface area contributed by atoms with Gasteiger partial charge in [0.1, 0.15) is 18.1 Å². The molecule has 16 nitrogen and oxygen atoms in total. The first-order valence-corrected chi connectivity index (χ1v) is 13.2. The Bertz CT molecular complexity index is 1290. The van der Waals surface area contributed by atoms with Gasteiger partial charge >= 0.3 is 11.9 Å². The van der Waals surface area contributed by atoms with Crippen LogP contribution < -0.4 is 33.2 Å².